The Labute approximate surface area is 258 Å². The zero-order valence-corrected chi connectivity index (χ0v) is 26.5. The first-order valence-corrected chi connectivity index (χ1v) is 16.5. The van der Waals surface area contributed by atoms with Crippen molar-refractivity contribution in [1.29, 1.82) is 0 Å². The molecule has 0 N–H and O–H groups in total. The fraction of sp³-hybridized carbons (Fsp3) is 0.250. The van der Waals surface area contributed by atoms with Gasteiger partial charge in [0.15, 0.2) is 25.0 Å². The maximum atomic E-state index is 2.53. The number of rotatable bonds is 5. The summed E-state index contributed by atoms with van der Waals surface area (Å²) in [5, 5.41) is 2.76. The lowest BCUT2D eigenvalue weighted by atomic mass is 9.71. The van der Waals surface area contributed by atoms with E-state index in [4.69, 9.17) is 0 Å². The molecule has 0 amide bonds. The average Bonchev–Trinajstić information content (AvgIpc) is 3.38. The normalized spacial score (nSPS) is 17.1. The molecule has 2 aliphatic rings. The second kappa shape index (κ2) is 9.99. The van der Waals surface area contributed by atoms with E-state index in [1.165, 1.54) is 70.5 Å². The molecule has 1 aliphatic carbocycles. The van der Waals surface area contributed by atoms with Crippen molar-refractivity contribution in [3.05, 3.63) is 131 Å². The van der Waals surface area contributed by atoms with Gasteiger partial charge in [0, 0.05) is 44.4 Å². The molecule has 0 saturated heterocycles. The zero-order chi connectivity index (χ0) is 29.4. The molecule has 3 aromatic heterocycles. The first kappa shape index (κ1) is 26.5. The molecule has 0 saturated carbocycles. The quantitative estimate of drug-likeness (QED) is 0.142. The summed E-state index contributed by atoms with van der Waals surface area (Å²) in [4.78, 5) is 0. The highest BCUT2D eigenvalue weighted by atomic mass is 32.1. The van der Waals surface area contributed by atoms with Gasteiger partial charge in [-0.05, 0) is 53.1 Å². The Hall–Kier alpha value is -4.08. The first-order valence-electron chi connectivity index (χ1n) is 15.7. The van der Waals surface area contributed by atoms with Gasteiger partial charge < -0.3 is 0 Å². The highest BCUT2D eigenvalue weighted by molar-refractivity contribution is 7.26. The van der Waals surface area contributed by atoms with Gasteiger partial charge in [-0.1, -0.05) is 82.3 Å². The molecule has 212 valence electrons. The standard InChI is InChI=1S/C40H38N2S/c1-24(2)27-18-20-41(23-28-21-34-30-11-6-7-12-31(30)35-15-8-9-19-42(35)38(28)34)36(22-27)37-26(5)16-17-33-32-14-10-13-29(25(3)4)39(32)43-40(33)37/h6-22,24-25,34,38H,23H2,1-5H3/q+2. The molecular formula is C40H38N2S+2. The molecule has 0 spiro atoms. The number of thiophene rings is 1. The molecule has 3 aromatic carbocycles. The lowest BCUT2D eigenvalue weighted by molar-refractivity contribution is -0.726. The van der Waals surface area contributed by atoms with Crippen LogP contribution in [0.2, 0.25) is 0 Å². The minimum atomic E-state index is 0.353. The van der Waals surface area contributed by atoms with Crippen molar-refractivity contribution in [2.24, 2.45) is 0 Å². The van der Waals surface area contributed by atoms with E-state index in [1.807, 2.05) is 11.3 Å². The molecule has 0 radical (unpaired) electrons. The van der Waals surface area contributed by atoms with Crippen molar-refractivity contribution in [2.45, 2.75) is 65.0 Å². The summed E-state index contributed by atoms with van der Waals surface area (Å²) in [7, 11) is 0. The van der Waals surface area contributed by atoms with Gasteiger partial charge in [0.1, 0.15) is 0 Å². The molecule has 1 aliphatic heterocycles. The Balaban J connectivity index is 1.30. The predicted molar refractivity (Wildman–Crippen MR) is 180 cm³/mol. The SMILES string of the molecule is Cc1ccc2c(sc3c(C(C)C)cccc32)c1-c1cc(C(C)C)cc[n+]1CC1=CC2c3ccccc3-c3cccc[n+]3C12. The van der Waals surface area contributed by atoms with Crippen LogP contribution in [0.3, 0.4) is 0 Å². The summed E-state index contributed by atoms with van der Waals surface area (Å²) in [5.41, 5.74) is 12.5. The van der Waals surface area contributed by atoms with E-state index >= 15 is 0 Å². The van der Waals surface area contributed by atoms with Crippen molar-refractivity contribution >= 4 is 31.5 Å². The maximum Gasteiger partial charge on any atom is 0.214 e. The highest BCUT2D eigenvalue weighted by Crippen LogP contribution is 2.49. The molecule has 0 fully saturated rings. The minimum Gasteiger partial charge on any atom is -0.194 e. The summed E-state index contributed by atoms with van der Waals surface area (Å²) < 4.78 is 7.87. The number of benzene rings is 3. The van der Waals surface area contributed by atoms with Crippen molar-refractivity contribution in [2.75, 3.05) is 0 Å². The van der Waals surface area contributed by atoms with E-state index in [2.05, 4.69) is 147 Å². The van der Waals surface area contributed by atoms with E-state index in [0.717, 1.165) is 6.54 Å². The smallest absolute Gasteiger partial charge is 0.194 e. The lowest BCUT2D eigenvalue weighted by Crippen LogP contribution is -2.54. The molecular weight excluding hydrogens is 541 g/mol. The van der Waals surface area contributed by atoms with Gasteiger partial charge in [0.2, 0.25) is 11.4 Å². The molecule has 0 bridgehead atoms. The van der Waals surface area contributed by atoms with Gasteiger partial charge in [-0.15, -0.1) is 11.3 Å². The number of allylic oxidation sites excluding steroid dienone is 2. The van der Waals surface area contributed by atoms with E-state index in [9.17, 15) is 0 Å². The van der Waals surface area contributed by atoms with Gasteiger partial charge in [-0.3, -0.25) is 0 Å². The van der Waals surface area contributed by atoms with Gasteiger partial charge in [-0.25, -0.2) is 0 Å². The van der Waals surface area contributed by atoms with E-state index in [1.54, 1.807) is 0 Å². The molecule has 3 heteroatoms. The Morgan fingerprint density at radius 3 is 2.40 bits per heavy atom. The monoisotopic (exact) mass is 578 g/mol. The first-order chi connectivity index (χ1) is 20.9. The van der Waals surface area contributed by atoms with Crippen LogP contribution in [0.4, 0.5) is 0 Å². The Bertz CT molecular complexity index is 2090. The van der Waals surface area contributed by atoms with Crippen LogP contribution in [0.25, 0.3) is 42.7 Å². The maximum absolute atomic E-state index is 2.53. The number of pyridine rings is 2. The summed E-state index contributed by atoms with van der Waals surface area (Å²) >= 11 is 1.98. The third-order valence-corrected chi connectivity index (χ3v) is 11.1. The Morgan fingerprint density at radius 2 is 1.56 bits per heavy atom. The van der Waals surface area contributed by atoms with Gasteiger partial charge >= 0.3 is 0 Å². The third-order valence-electron chi connectivity index (χ3n) is 9.76. The van der Waals surface area contributed by atoms with Crippen molar-refractivity contribution < 1.29 is 9.13 Å². The zero-order valence-electron chi connectivity index (χ0n) is 25.6. The molecule has 8 rings (SSSR count). The summed E-state index contributed by atoms with van der Waals surface area (Å²) in [6.45, 7) is 12.4. The summed E-state index contributed by atoms with van der Waals surface area (Å²) in [6, 6.07) is 32.3. The van der Waals surface area contributed by atoms with Gasteiger partial charge in [0.05, 0.1) is 22.6 Å². The Morgan fingerprint density at radius 1 is 0.744 bits per heavy atom. The van der Waals surface area contributed by atoms with E-state index in [-0.39, 0.29) is 0 Å². The van der Waals surface area contributed by atoms with Gasteiger partial charge in [0.25, 0.3) is 0 Å². The van der Waals surface area contributed by atoms with E-state index in [0.29, 0.717) is 23.8 Å². The topological polar surface area (TPSA) is 7.76 Å². The third kappa shape index (κ3) is 4.05. The Kier molecular flexibility index (Phi) is 6.17. The number of hydrogen-bond acceptors (Lipinski definition) is 1. The summed E-state index contributed by atoms with van der Waals surface area (Å²) in [6.07, 6.45) is 7.15. The van der Waals surface area contributed by atoms with Crippen LogP contribution >= 0.6 is 11.3 Å². The molecule has 43 heavy (non-hydrogen) atoms. The second-order valence-electron chi connectivity index (χ2n) is 13.0. The molecule has 4 heterocycles. The van der Waals surface area contributed by atoms with Crippen molar-refractivity contribution in [3.63, 3.8) is 0 Å². The number of hydrogen-bond donors (Lipinski definition) is 0. The average molecular weight is 579 g/mol. The minimum absolute atomic E-state index is 0.353. The van der Waals surface area contributed by atoms with Crippen LogP contribution in [-0.2, 0) is 6.54 Å². The summed E-state index contributed by atoms with van der Waals surface area (Å²) in [5.74, 6) is 1.38. The van der Waals surface area contributed by atoms with E-state index < -0.39 is 0 Å². The van der Waals surface area contributed by atoms with Crippen LogP contribution in [-0.4, -0.2) is 0 Å². The second-order valence-corrected chi connectivity index (χ2v) is 14.1. The van der Waals surface area contributed by atoms with Crippen molar-refractivity contribution in [3.8, 4) is 22.5 Å². The largest absolute Gasteiger partial charge is 0.214 e. The predicted octanol–water partition coefficient (Wildman–Crippen LogP) is 9.80. The van der Waals surface area contributed by atoms with Crippen LogP contribution in [0.5, 0.6) is 0 Å². The van der Waals surface area contributed by atoms with Crippen LogP contribution < -0.4 is 9.13 Å². The van der Waals surface area contributed by atoms with Gasteiger partial charge in [-0.2, -0.15) is 9.13 Å². The molecule has 2 unspecified atom stereocenters. The lowest BCUT2D eigenvalue weighted by Gasteiger charge is -2.36. The molecule has 2 atom stereocenters. The van der Waals surface area contributed by atoms with Crippen LogP contribution in [0.1, 0.15) is 73.7 Å². The number of aromatic nitrogens is 2. The van der Waals surface area contributed by atoms with Crippen molar-refractivity contribution in [1.82, 2.24) is 0 Å². The van der Waals surface area contributed by atoms with Crippen LogP contribution in [0, 0.1) is 6.92 Å². The number of nitrogens with zero attached hydrogens (tertiary/aromatic N) is 2. The van der Waals surface area contributed by atoms with Crippen LogP contribution in [0.15, 0.2) is 109 Å². The number of fused-ring (bicyclic) bond motifs is 9. The highest BCUT2D eigenvalue weighted by Gasteiger charge is 2.48. The molecule has 2 nitrogen and oxygen atoms in total. The fourth-order valence-electron chi connectivity index (χ4n) is 7.45. The fourth-order valence-corrected chi connectivity index (χ4v) is 9.02. The molecule has 6 aromatic rings. The number of aryl methyl sites for hydroxylation is 1.